The Bertz CT molecular complexity index is 1360. The van der Waals surface area contributed by atoms with Gasteiger partial charge in [0, 0.05) is 24.2 Å². The zero-order valence-corrected chi connectivity index (χ0v) is 17.3. The molecule has 0 aliphatic carbocycles. The normalized spacial score (nSPS) is 10.9. The Kier molecular flexibility index (Phi) is 5.75. The Balaban J connectivity index is 1.45. The van der Waals surface area contributed by atoms with Crippen LogP contribution in [0.3, 0.4) is 0 Å². The second-order valence-corrected chi connectivity index (χ2v) is 7.28. The Morgan fingerprint density at radius 2 is 1.91 bits per heavy atom. The highest BCUT2D eigenvalue weighted by Gasteiger charge is 2.12. The summed E-state index contributed by atoms with van der Waals surface area (Å²) in [4.78, 5) is 39.8. The van der Waals surface area contributed by atoms with E-state index in [4.69, 9.17) is 0 Å². The maximum absolute atomic E-state index is 12.8. The molecule has 2 heterocycles. The number of nitro benzene ring substituents is 1. The van der Waals surface area contributed by atoms with Crippen LogP contribution in [0.5, 0.6) is 0 Å². The Morgan fingerprint density at radius 1 is 1.16 bits per heavy atom. The number of hydrogen-bond donors (Lipinski definition) is 1. The third kappa shape index (κ3) is 4.24. The number of non-ortho nitro benzene ring substituents is 1. The average molecular weight is 432 g/mol. The minimum atomic E-state index is -0.471. The number of hydrogen-bond acceptors (Lipinski definition) is 6. The summed E-state index contributed by atoms with van der Waals surface area (Å²) >= 11 is 0. The van der Waals surface area contributed by atoms with Crippen molar-refractivity contribution in [3.05, 3.63) is 98.2 Å². The van der Waals surface area contributed by atoms with Gasteiger partial charge in [0.2, 0.25) is 0 Å². The molecule has 0 aliphatic rings. The van der Waals surface area contributed by atoms with Crippen molar-refractivity contribution in [3.63, 3.8) is 0 Å². The first-order valence-corrected chi connectivity index (χ1v) is 9.92. The second-order valence-electron chi connectivity index (χ2n) is 7.28. The van der Waals surface area contributed by atoms with Crippen molar-refractivity contribution in [2.24, 2.45) is 0 Å². The minimum Gasteiger partial charge on any atom is -0.350 e. The molecule has 0 radical (unpaired) electrons. The van der Waals surface area contributed by atoms with Crippen molar-refractivity contribution in [2.45, 2.75) is 20.0 Å². The molecule has 162 valence electrons. The number of carbonyl (C=O) groups excluding carboxylic acids is 1. The van der Waals surface area contributed by atoms with Crippen molar-refractivity contribution >= 4 is 22.6 Å². The van der Waals surface area contributed by atoms with Crippen LogP contribution in [-0.2, 0) is 13.1 Å². The van der Waals surface area contributed by atoms with Crippen LogP contribution < -0.4 is 10.9 Å². The van der Waals surface area contributed by atoms with Gasteiger partial charge in [-0.2, -0.15) is 5.10 Å². The summed E-state index contributed by atoms with van der Waals surface area (Å²) in [5, 5.41) is 18.2. The lowest BCUT2D eigenvalue weighted by Crippen LogP contribution is -2.28. The Labute approximate surface area is 182 Å². The molecule has 0 saturated heterocycles. The fraction of sp³-hybridized carbons (Fsp3) is 0.182. The third-order valence-electron chi connectivity index (χ3n) is 5.12. The van der Waals surface area contributed by atoms with Gasteiger partial charge < -0.3 is 5.32 Å². The van der Waals surface area contributed by atoms with Gasteiger partial charge in [-0.3, -0.25) is 24.3 Å². The smallest absolute Gasteiger partial charge is 0.269 e. The predicted octanol–water partition coefficient (Wildman–Crippen LogP) is 2.29. The predicted molar refractivity (Wildman–Crippen MR) is 117 cm³/mol. The van der Waals surface area contributed by atoms with E-state index in [-0.39, 0.29) is 23.7 Å². The highest BCUT2D eigenvalue weighted by atomic mass is 16.6. The highest BCUT2D eigenvalue weighted by molar-refractivity contribution is 5.95. The summed E-state index contributed by atoms with van der Waals surface area (Å²) in [6.45, 7) is 2.80. The van der Waals surface area contributed by atoms with Gasteiger partial charge in [-0.05, 0) is 24.1 Å². The first-order valence-electron chi connectivity index (χ1n) is 9.92. The number of fused-ring (bicyclic) bond motifs is 1. The van der Waals surface area contributed by atoms with Gasteiger partial charge in [0.15, 0.2) is 5.65 Å². The molecule has 4 aromatic rings. The van der Waals surface area contributed by atoms with Crippen molar-refractivity contribution in [2.75, 3.05) is 6.54 Å². The summed E-state index contributed by atoms with van der Waals surface area (Å²) in [5.74, 6) is -0.169. The summed E-state index contributed by atoms with van der Waals surface area (Å²) in [5.41, 5.74) is 2.41. The van der Waals surface area contributed by atoms with E-state index in [2.05, 4.69) is 15.4 Å². The van der Waals surface area contributed by atoms with Gasteiger partial charge in [0.25, 0.3) is 17.2 Å². The monoisotopic (exact) mass is 432 g/mol. The van der Waals surface area contributed by atoms with Gasteiger partial charge in [0.05, 0.1) is 24.2 Å². The number of aromatic nitrogens is 4. The molecule has 0 spiro atoms. The van der Waals surface area contributed by atoms with Crippen LogP contribution in [0.2, 0.25) is 0 Å². The van der Waals surface area contributed by atoms with E-state index in [0.29, 0.717) is 29.7 Å². The molecular weight excluding hydrogens is 412 g/mol. The molecule has 0 fully saturated rings. The van der Waals surface area contributed by atoms with Crippen LogP contribution in [0, 0.1) is 17.0 Å². The van der Waals surface area contributed by atoms with Crippen molar-refractivity contribution < 1.29 is 9.72 Å². The standard InChI is InChI=1S/C22H20N6O4/c1-15-4-2-3-5-18(15)21(29)23-10-11-27-20-19(12-25-27)22(30)26(14-24-20)13-16-6-8-17(9-7-16)28(31)32/h2-9,12,14H,10-11,13H2,1H3,(H,23,29). The molecule has 2 aromatic carbocycles. The van der Waals surface area contributed by atoms with Crippen LogP contribution in [0.15, 0.2) is 65.8 Å². The van der Waals surface area contributed by atoms with Gasteiger partial charge in [-0.1, -0.05) is 30.3 Å². The lowest BCUT2D eigenvalue weighted by atomic mass is 10.1. The zero-order valence-electron chi connectivity index (χ0n) is 17.3. The number of benzene rings is 2. The number of nitrogens with one attached hydrogen (secondary N) is 1. The Hall–Kier alpha value is -4.34. The molecule has 10 heteroatoms. The van der Waals surface area contributed by atoms with Crippen LogP contribution >= 0.6 is 0 Å². The van der Waals surface area contributed by atoms with E-state index in [1.807, 2.05) is 25.1 Å². The average Bonchev–Trinajstić information content (AvgIpc) is 3.20. The molecule has 0 atom stereocenters. The number of nitrogens with zero attached hydrogens (tertiary/aromatic N) is 5. The van der Waals surface area contributed by atoms with E-state index < -0.39 is 4.92 Å². The van der Waals surface area contributed by atoms with E-state index in [1.165, 1.54) is 29.2 Å². The first kappa shape index (κ1) is 20.9. The quantitative estimate of drug-likeness (QED) is 0.353. The molecule has 0 bridgehead atoms. The van der Waals surface area contributed by atoms with Crippen LogP contribution in [-0.4, -0.2) is 36.7 Å². The molecule has 0 unspecified atom stereocenters. The minimum absolute atomic E-state index is 0.00883. The van der Waals surface area contributed by atoms with Crippen LogP contribution in [0.4, 0.5) is 5.69 Å². The number of rotatable bonds is 7. The zero-order chi connectivity index (χ0) is 22.7. The van der Waals surface area contributed by atoms with Crippen molar-refractivity contribution in [3.8, 4) is 0 Å². The van der Waals surface area contributed by atoms with E-state index in [9.17, 15) is 19.7 Å². The molecule has 1 amide bonds. The molecule has 4 rings (SSSR count). The van der Waals surface area contributed by atoms with Crippen LogP contribution in [0.25, 0.3) is 11.0 Å². The maximum atomic E-state index is 12.8. The van der Waals surface area contributed by atoms with E-state index in [0.717, 1.165) is 11.1 Å². The van der Waals surface area contributed by atoms with Crippen LogP contribution in [0.1, 0.15) is 21.5 Å². The van der Waals surface area contributed by atoms with Gasteiger partial charge in [-0.15, -0.1) is 0 Å². The Morgan fingerprint density at radius 3 is 2.62 bits per heavy atom. The summed E-state index contributed by atoms with van der Waals surface area (Å²) in [7, 11) is 0. The second kappa shape index (κ2) is 8.80. The lowest BCUT2D eigenvalue weighted by molar-refractivity contribution is -0.384. The number of aryl methyl sites for hydroxylation is 1. The van der Waals surface area contributed by atoms with Crippen molar-refractivity contribution in [1.29, 1.82) is 0 Å². The maximum Gasteiger partial charge on any atom is 0.269 e. The largest absolute Gasteiger partial charge is 0.350 e. The van der Waals surface area contributed by atoms with Gasteiger partial charge in [0.1, 0.15) is 11.7 Å². The van der Waals surface area contributed by atoms with Gasteiger partial charge in [-0.25, -0.2) is 9.67 Å². The molecule has 10 nitrogen and oxygen atoms in total. The summed E-state index contributed by atoms with van der Waals surface area (Å²) in [6.07, 6.45) is 2.89. The van der Waals surface area contributed by atoms with E-state index in [1.54, 1.807) is 22.9 Å². The molecule has 0 aliphatic heterocycles. The molecule has 32 heavy (non-hydrogen) atoms. The van der Waals surface area contributed by atoms with E-state index >= 15 is 0 Å². The number of carbonyl (C=O) groups is 1. The fourth-order valence-electron chi connectivity index (χ4n) is 3.39. The fourth-order valence-corrected chi connectivity index (χ4v) is 3.39. The third-order valence-corrected chi connectivity index (χ3v) is 5.12. The first-order chi connectivity index (χ1) is 15.4. The topological polar surface area (TPSA) is 125 Å². The van der Waals surface area contributed by atoms with Gasteiger partial charge >= 0.3 is 0 Å². The molecule has 1 N–H and O–H groups in total. The SMILES string of the molecule is Cc1ccccc1C(=O)NCCn1ncc2c(=O)n(Cc3ccc([N+](=O)[O-])cc3)cnc21. The van der Waals surface area contributed by atoms with Crippen molar-refractivity contribution in [1.82, 2.24) is 24.6 Å². The lowest BCUT2D eigenvalue weighted by Gasteiger charge is -2.09. The number of amides is 1. The number of nitro groups is 1. The summed E-state index contributed by atoms with van der Waals surface area (Å²) < 4.78 is 3.00. The highest BCUT2D eigenvalue weighted by Crippen LogP contribution is 2.13. The molecule has 0 saturated carbocycles. The molecular formula is C22H20N6O4. The molecule has 2 aromatic heterocycles. The summed E-state index contributed by atoms with van der Waals surface area (Å²) in [6, 6.07) is 13.3.